The molecular weight excluding hydrogens is 230 g/mol. The number of thiazole rings is 1. The van der Waals surface area contributed by atoms with Crippen molar-refractivity contribution in [2.24, 2.45) is 5.92 Å². The zero-order chi connectivity index (χ0) is 11.5. The molecule has 0 amide bonds. The van der Waals surface area contributed by atoms with Gasteiger partial charge < -0.3 is 0 Å². The molecule has 0 spiro atoms. The van der Waals surface area contributed by atoms with Gasteiger partial charge in [0.15, 0.2) is 0 Å². The van der Waals surface area contributed by atoms with E-state index in [1.165, 1.54) is 11.1 Å². The van der Waals surface area contributed by atoms with Crippen molar-refractivity contribution >= 4 is 27.3 Å². The Hall–Kier alpha value is -1.22. The van der Waals surface area contributed by atoms with Crippen LogP contribution in [0.3, 0.4) is 0 Å². The van der Waals surface area contributed by atoms with E-state index in [1.54, 1.807) is 11.3 Å². The molecule has 2 aromatic rings. The van der Waals surface area contributed by atoms with Crippen LogP contribution in [0.1, 0.15) is 30.7 Å². The SMILES string of the molecule is O=C1C[C@H]2CC[C@]1(c1nc3ccccc3s1)C2. The van der Waals surface area contributed by atoms with Crippen LogP contribution >= 0.6 is 11.3 Å². The van der Waals surface area contributed by atoms with E-state index >= 15 is 0 Å². The molecule has 1 heterocycles. The first-order valence-corrected chi connectivity index (χ1v) is 6.99. The van der Waals surface area contributed by atoms with Crippen molar-refractivity contribution in [3.05, 3.63) is 29.3 Å². The highest BCUT2D eigenvalue weighted by atomic mass is 32.1. The molecule has 0 radical (unpaired) electrons. The van der Waals surface area contributed by atoms with Crippen LogP contribution in [-0.4, -0.2) is 10.8 Å². The molecule has 2 aliphatic rings. The van der Waals surface area contributed by atoms with E-state index in [0.29, 0.717) is 11.7 Å². The van der Waals surface area contributed by atoms with Crippen LogP contribution in [0, 0.1) is 5.92 Å². The van der Waals surface area contributed by atoms with Crippen LogP contribution in [0.25, 0.3) is 10.2 Å². The summed E-state index contributed by atoms with van der Waals surface area (Å²) in [4.78, 5) is 16.9. The predicted molar refractivity (Wildman–Crippen MR) is 68.3 cm³/mol. The Kier molecular flexibility index (Phi) is 1.82. The summed E-state index contributed by atoms with van der Waals surface area (Å²) in [6.07, 6.45) is 4.07. The maximum Gasteiger partial charge on any atom is 0.146 e. The van der Waals surface area contributed by atoms with Crippen molar-refractivity contribution in [2.45, 2.75) is 31.1 Å². The number of hydrogen-bond donors (Lipinski definition) is 0. The van der Waals surface area contributed by atoms with Gasteiger partial charge in [-0.05, 0) is 37.3 Å². The molecule has 0 saturated heterocycles. The van der Waals surface area contributed by atoms with Crippen molar-refractivity contribution in [1.82, 2.24) is 4.98 Å². The first-order chi connectivity index (χ1) is 8.28. The summed E-state index contributed by atoms with van der Waals surface area (Å²) in [7, 11) is 0. The third kappa shape index (κ3) is 1.20. The van der Waals surface area contributed by atoms with Crippen molar-refractivity contribution < 1.29 is 4.79 Å². The first-order valence-electron chi connectivity index (χ1n) is 6.17. The number of Topliss-reactive ketones (excluding diaryl/α,β-unsaturated/α-hetero) is 1. The Labute approximate surface area is 104 Å². The quantitative estimate of drug-likeness (QED) is 0.769. The fraction of sp³-hybridized carbons (Fsp3) is 0.429. The van der Waals surface area contributed by atoms with Gasteiger partial charge in [-0.15, -0.1) is 11.3 Å². The predicted octanol–water partition coefficient (Wildman–Crippen LogP) is 3.31. The smallest absolute Gasteiger partial charge is 0.146 e. The third-order valence-electron chi connectivity index (χ3n) is 4.33. The van der Waals surface area contributed by atoms with Gasteiger partial charge in [-0.3, -0.25) is 4.79 Å². The Morgan fingerprint density at radius 2 is 2.24 bits per heavy atom. The van der Waals surface area contributed by atoms with Crippen LogP contribution in [0.4, 0.5) is 0 Å². The normalized spacial score (nSPS) is 31.5. The second-order valence-electron chi connectivity index (χ2n) is 5.30. The van der Waals surface area contributed by atoms with Gasteiger partial charge in [0.1, 0.15) is 10.8 Å². The Morgan fingerprint density at radius 1 is 1.35 bits per heavy atom. The number of ketones is 1. The van der Waals surface area contributed by atoms with Crippen molar-refractivity contribution in [1.29, 1.82) is 0 Å². The number of rotatable bonds is 1. The number of benzene rings is 1. The molecule has 2 atom stereocenters. The number of fused-ring (bicyclic) bond motifs is 3. The number of hydrogen-bond acceptors (Lipinski definition) is 3. The number of para-hydroxylation sites is 1. The fourth-order valence-corrected chi connectivity index (χ4v) is 4.63. The van der Waals surface area contributed by atoms with Crippen LogP contribution in [-0.2, 0) is 10.2 Å². The van der Waals surface area contributed by atoms with E-state index in [2.05, 4.69) is 6.07 Å². The molecule has 0 N–H and O–H groups in total. The first kappa shape index (κ1) is 9.77. The molecule has 2 bridgehead atoms. The van der Waals surface area contributed by atoms with Gasteiger partial charge in [-0.25, -0.2) is 4.98 Å². The molecule has 2 fully saturated rings. The summed E-state index contributed by atoms with van der Waals surface area (Å²) in [6, 6.07) is 8.18. The van der Waals surface area contributed by atoms with E-state index in [0.717, 1.165) is 29.8 Å². The molecule has 2 aliphatic carbocycles. The Morgan fingerprint density at radius 3 is 2.94 bits per heavy atom. The molecule has 17 heavy (non-hydrogen) atoms. The minimum absolute atomic E-state index is 0.200. The third-order valence-corrected chi connectivity index (χ3v) is 5.57. The summed E-state index contributed by atoms with van der Waals surface area (Å²) in [6.45, 7) is 0. The minimum atomic E-state index is -0.200. The van der Waals surface area contributed by atoms with Crippen LogP contribution in [0.5, 0.6) is 0 Å². The van der Waals surface area contributed by atoms with Gasteiger partial charge in [0.2, 0.25) is 0 Å². The second kappa shape index (κ2) is 3.16. The summed E-state index contributed by atoms with van der Waals surface area (Å²) in [5, 5.41) is 1.07. The summed E-state index contributed by atoms with van der Waals surface area (Å²) < 4.78 is 1.21. The highest BCUT2D eigenvalue weighted by Gasteiger charge is 2.54. The van der Waals surface area contributed by atoms with Crippen molar-refractivity contribution in [2.75, 3.05) is 0 Å². The van der Waals surface area contributed by atoms with Crippen LogP contribution in [0.2, 0.25) is 0 Å². The van der Waals surface area contributed by atoms with Gasteiger partial charge in [-0.1, -0.05) is 12.1 Å². The number of carbonyl (C=O) groups excluding carboxylic acids is 1. The lowest BCUT2D eigenvalue weighted by atomic mass is 9.84. The largest absolute Gasteiger partial charge is 0.299 e. The zero-order valence-corrected chi connectivity index (χ0v) is 10.3. The molecule has 2 nitrogen and oxygen atoms in total. The average molecular weight is 243 g/mol. The van der Waals surface area contributed by atoms with Gasteiger partial charge in [0.05, 0.1) is 15.6 Å². The Bertz CT molecular complexity index is 584. The van der Waals surface area contributed by atoms with Gasteiger partial charge in [0, 0.05) is 6.42 Å². The Balaban J connectivity index is 1.91. The van der Waals surface area contributed by atoms with Gasteiger partial charge in [0.25, 0.3) is 0 Å². The number of nitrogens with zero attached hydrogens (tertiary/aromatic N) is 1. The average Bonchev–Trinajstić information content (AvgIpc) is 2.99. The fourth-order valence-electron chi connectivity index (χ4n) is 3.42. The maximum atomic E-state index is 12.2. The zero-order valence-electron chi connectivity index (χ0n) is 9.48. The molecule has 0 unspecified atom stereocenters. The molecule has 2 saturated carbocycles. The van der Waals surface area contributed by atoms with Gasteiger partial charge in [-0.2, -0.15) is 0 Å². The van der Waals surface area contributed by atoms with E-state index in [1.807, 2.05) is 18.2 Å². The number of carbonyl (C=O) groups is 1. The lowest BCUT2D eigenvalue weighted by molar-refractivity contribution is -0.123. The highest BCUT2D eigenvalue weighted by Crippen LogP contribution is 2.54. The molecule has 0 aliphatic heterocycles. The van der Waals surface area contributed by atoms with Gasteiger partial charge >= 0.3 is 0 Å². The molecule has 86 valence electrons. The minimum Gasteiger partial charge on any atom is -0.299 e. The van der Waals surface area contributed by atoms with Crippen LogP contribution < -0.4 is 0 Å². The topological polar surface area (TPSA) is 30.0 Å². The second-order valence-corrected chi connectivity index (χ2v) is 6.34. The molecule has 1 aromatic heterocycles. The number of aromatic nitrogens is 1. The van der Waals surface area contributed by atoms with Crippen LogP contribution in [0.15, 0.2) is 24.3 Å². The molecule has 1 aromatic carbocycles. The summed E-state index contributed by atoms with van der Waals surface area (Å²) >= 11 is 1.72. The van der Waals surface area contributed by atoms with Crippen molar-refractivity contribution in [3.63, 3.8) is 0 Å². The monoisotopic (exact) mass is 243 g/mol. The van der Waals surface area contributed by atoms with E-state index < -0.39 is 0 Å². The summed E-state index contributed by atoms with van der Waals surface area (Å²) in [5.41, 5.74) is 0.846. The van der Waals surface area contributed by atoms with E-state index in [9.17, 15) is 4.79 Å². The maximum absolute atomic E-state index is 12.2. The molecule has 4 rings (SSSR count). The lowest BCUT2D eigenvalue weighted by Crippen LogP contribution is -2.29. The summed E-state index contributed by atoms with van der Waals surface area (Å²) in [5.74, 6) is 1.07. The highest BCUT2D eigenvalue weighted by molar-refractivity contribution is 7.18. The standard InChI is InChI=1S/C14H13NOS/c16-12-7-9-5-6-14(12,8-9)13-15-10-3-1-2-4-11(10)17-13/h1-4,9H,5-8H2/t9-,14+/m1/s1. The lowest BCUT2D eigenvalue weighted by Gasteiger charge is -2.21. The van der Waals surface area contributed by atoms with E-state index in [-0.39, 0.29) is 5.41 Å². The molecule has 3 heteroatoms. The van der Waals surface area contributed by atoms with Crippen molar-refractivity contribution in [3.8, 4) is 0 Å². The molecular formula is C14H13NOS. The van der Waals surface area contributed by atoms with E-state index in [4.69, 9.17) is 4.98 Å².